The molecular weight excluding hydrogens is 440 g/mol. The Bertz CT molecular complexity index is 1200. The van der Waals surface area contributed by atoms with Crippen molar-refractivity contribution >= 4 is 39.1 Å². The van der Waals surface area contributed by atoms with E-state index in [0.29, 0.717) is 17.0 Å². The number of esters is 1. The number of carbonyl (C=O) groups excluding carboxylic acids is 2. The molecule has 1 aromatic heterocycles. The van der Waals surface area contributed by atoms with Crippen molar-refractivity contribution < 1.29 is 22.7 Å². The van der Waals surface area contributed by atoms with E-state index in [1.54, 1.807) is 12.1 Å². The van der Waals surface area contributed by atoms with Crippen LogP contribution in [0.4, 0.5) is 5.69 Å². The molecule has 0 saturated carbocycles. The first-order chi connectivity index (χ1) is 14.8. The Hall–Kier alpha value is -3.23. The lowest BCUT2D eigenvalue weighted by Crippen LogP contribution is -2.16. The number of nitrogens with zero attached hydrogens (tertiary/aromatic N) is 1. The van der Waals surface area contributed by atoms with Gasteiger partial charge in [0.15, 0.2) is 5.78 Å². The van der Waals surface area contributed by atoms with Crippen molar-refractivity contribution in [3.05, 3.63) is 88.7 Å². The Morgan fingerprint density at radius 3 is 2.35 bits per heavy atom. The summed E-state index contributed by atoms with van der Waals surface area (Å²) in [4.78, 5) is 28.0. The van der Waals surface area contributed by atoms with E-state index in [1.807, 2.05) is 0 Å². The zero-order valence-electron chi connectivity index (χ0n) is 16.5. The molecule has 0 aliphatic rings. The summed E-state index contributed by atoms with van der Waals surface area (Å²) in [5.41, 5.74) is 1.38. The molecule has 0 atom stereocenters. The first-order valence-electron chi connectivity index (χ1n) is 9.23. The first-order valence-corrected chi connectivity index (χ1v) is 11.1. The van der Waals surface area contributed by atoms with Crippen LogP contribution in [0.2, 0.25) is 5.02 Å². The number of rotatable bonds is 8. The molecule has 0 spiro atoms. The van der Waals surface area contributed by atoms with Gasteiger partial charge in [0.2, 0.25) is 0 Å². The monoisotopic (exact) mass is 458 g/mol. The van der Waals surface area contributed by atoms with Gasteiger partial charge in [0.1, 0.15) is 0 Å². The largest absolute Gasteiger partial charge is 0.469 e. The Morgan fingerprint density at radius 2 is 1.71 bits per heavy atom. The maximum atomic E-state index is 12.9. The lowest BCUT2D eigenvalue weighted by molar-refractivity contribution is -0.140. The van der Waals surface area contributed by atoms with E-state index < -0.39 is 10.0 Å². The Labute approximate surface area is 185 Å². The second kappa shape index (κ2) is 9.72. The molecule has 7 nitrogen and oxygen atoms in total. The lowest BCUT2D eigenvalue weighted by Gasteiger charge is -2.13. The quantitative estimate of drug-likeness (QED) is 0.406. The molecular formula is C22H19ClN2O5S. The van der Waals surface area contributed by atoms with Gasteiger partial charge in [0.25, 0.3) is 10.0 Å². The summed E-state index contributed by atoms with van der Waals surface area (Å²) in [5.74, 6) is -0.728. The van der Waals surface area contributed by atoms with Crippen LogP contribution in [0.3, 0.4) is 0 Å². The molecule has 1 N–H and O–H groups in total. The van der Waals surface area contributed by atoms with Crippen LogP contribution in [0.15, 0.2) is 71.9 Å². The number of ether oxygens (including phenoxy) is 1. The van der Waals surface area contributed by atoms with Crippen LogP contribution in [-0.4, -0.2) is 32.3 Å². The summed E-state index contributed by atoms with van der Waals surface area (Å²) in [5, 5.41) is 0.301. The van der Waals surface area contributed by atoms with Crippen LogP contribution in [-0.2, 0) is 26.0 Å². The molecule has 0 amide bonds. The third kappa shape index (κ3) is 5.68. The third-order valence-electron chi connectivity index (χ3n) is 4.49. The highest BCUT2D eigenvalue weighted by atomic mass is 35.5. The Kier molecular flexibility index (Phi) is 7.04. The SMILES string of the molecule is COC(=O)CCc1ccc(S(=O)(=O)Nc2ccc(Cl)cc2C(=O)c2ccncc2)cc1. The van der Waals surface area contributed by atoms with E-state index in [1.165, 1.54) is 62.0 Å². The number of carbonyl (C=O) groups is 2. The van der Waals surface area contributed by atoms with E-state index in [9.17, 15) is 18.0 Å². The summed E-state index contributed by atoms with van der Waals surface area (Å²) in [6.45, 7) is 0. The van der Waals surface area contributed by atoms with Crippen LogP contribution in [0, 0.1) is 0 Å². The fourth-order valence-corrected chi connectivity index (χ4v) is 4.09. The van der Waals surface area contributed by atoms with Crippen molar-refractivity contribution in [2.24, 2.45) is 0 Å². The molecule has 2 aromatic carbocycles. The minimum Gasteiger partial charge on any atom is -0.469 e. The molecule has 1 heterocycles. The maximum Gasteiger partial charge on any atom is 0.305 e. The Morgan fingerprint density at radius 1 is 1.03 bits per heavy atom. The number of ketones is 1. The summed E-state index contributed by atoms with van der Waals surface area (Å²) in [6.07, 6.45) is 3.58. The van der Waals surface area contributed by atoms with Crippen molar-refractivity contribution in [1.29, 1.82) is 0 Å². The predicted octanol–water partition coefficient (Wildman–Crippen LogP) is 3.87. The highest BCUT2D eigenvalue weighted by Crippen LogP contribution is 2.26. The zero-order valence-corrected chi connectivity index (χ0v) is 18.1. The van der Waals surface area contributed by atoms with Gasteiger partial charge in [-0.15, -0.1) is 0 Å². The van der Waals surface area contributed by atoms with Gasteiger partial charge in [-0.25, -0.2) is 8.42 Å². The van der Waals surface area contributed by atoms with Crippen molar-refractivity contribution in [1.82, 2.24) is 4.98 Å². The Balaban J connectivity index is 1.85. The van der Waals surface area contributed by atoms with Crippen LogP contribution < -0.4 is 4.72 Å². The maximum absolute atomic E-state index is 12.9. The normalized spacial score (nSPS) is 11.0. The molecule has 9 heteroatoms. The molecule has 0 aliphatic carbocycles. The van der Waals surface area contributed by atoms with E-state index in [4.69, 9.17) is 11.6 Å². The molecule has 0 radical (unpaired) electrons. The number of hydrogen-bond acceptors (Lipinski definition) is 6. The van der Waals surface area contributed by atoms with Crippen molar-refractivity contribution in [3.63, 3.8) is 0 Å². The molecule has 0 saturated heterocycles. The molecule has 0 aliphatic heterocycles. The number of aryl methyl sites for hydroxylation is 1. The van der Waals surface area contributed by atoms with E-state index in [0.717, 1.165) is 5.56 Å². The van der Waals surface area contributed by atoms with Gasteiger partial charge >= 0.3 is 5.97 Å². The fraction of sp³-hybridized carbons (Fsp3) is 0.136. The summed E-state index contributed by atoms with van der Waals surface area (Å²) >= 11 is 6.04. The van der Waals surface area contributed by atoms with Crippen LogP contribution in [0.1, 0.15) is 27.9 Å². The van der Waals surface area contributed by atoms with Crippen LogP contribution in [0.25, 0.3) is 0 Å². The molecule has 0 fully saturated rings. The summed E-state index contributed by atoms with van der Waals surface area (Å²) < 4.78 is 32.8. The minimum absolute atomic E-state index is 0.0200. The zero-order chi connectivity index (χ0) is 22.4. The summed E-state index contributed by atoms with van der Waals surface area (Å²) in [6, 6.07) is 13.6. The van der Waals surface area contributed by atoms with E-state index in [-0.39, 0.29) is 34.3 Å². The molecule has 0 bridgehead atoms. The number of benzene rings is 2. The topological polar surface area (TPSA) is 102 Å². The van der Waals surface area contributed by atoms with Crippen molar-refractivity contribution in [3.8, 4) is 0 Å². The summed E-state index contributed by atoms with van der Waals surface area (Å²) in [7, 11) is -2.65. The number of sulfonamides is 1. The molecule has 0 unspecified atom stereocenters. The predicted molar refractivity (Wildman–Crippen MR) is 117 cm³/mol. The smallest absolute Gasteiger partial charge is 0.305 e. The van der Waals surface area contributed by atoms with Crippen molar-refractivity contribution in [2.45, 2.75) is 17.7 Å². The number of nitrogens with one attached hydrogen (secondary N) is 1. The van der Waals surface area contributed by atoms with E-state index >= 15 is 0 Å². The van der Waals surface area contributed by atoms with Gasteiger partial charge in [-0.05, 0) is 54.4 Å². The van der Waals surface area contributed by atoms with Gasteiger partial charge in [-0.1, -0.05) is 23.7 Å². The number of pyridine rings is 1. The molecule has 31 heavy (non-hydrogen) atoms. The lowest BCUT2D eigenvalue weighted by atomic mass is 10.0. The van der Waals surface area contributed by atoms with E-state index in [2.05, 4.69) is 14.4 Å². The third-order valence-corrected chi connectivity index (χ3v) is 6.11. The van der Waals surface area contributed by atoms with Gasteiger partial charge in [-0.2, -0.15) is 0 Å². The molecule has 3 rings (SSSR count). The van der Waals surface area contributed by atoms with Crippen LogP contribution >= 0.6 is 11.6 Å². The second-order valence-corrected chi connectivity index (χ2v) is 8.70. The number of halogens is 1. The number of methoxy groups -OCH3 is 1. The standard InChI is InChI=1S/C22H19ClN2O5S/c1-30-21(26)9-4-15-2-6-18(7-3-15)31(28,29)25-20-8-5-17(23)14-19(20)22(27)16-10-12-24-13-11-16/h2-3,5-8,10-14,25H,4,9H2,1H3. The number of anilines is 1. The van der Waals surface area contributed by atoms with Gasteiger partial charge in [-0.3, -0.25) is 19.3 Å². The fourth-order valence-electron chi connectivity index (χ4n) is 2.84. The highest BCUT2D eigenvalue weighted by molar-refractivity contribution is 7.92. The van der Waals surface area contributed by atoms with Gasteiger partial charge in [0, 0.05) is 35.0 Å². The number of hydrogen-bond donors (Lipinski definition) is 1. The van der Waals surface area contributed by atoms with Gasteiger partial charge in [0.05, 0.1) is 17.7 Å². The average molecular weight is 459 g/mol. The van der Waals surface area contributed by atoms with Gasteiger partial charge < -0.3 is 4.74 Å². The molecule has 160 valence electrons. The number of aromatic nitrogens is 1. The highest BCUT2D eigenvalue weighted by Gasteiger charge is 2.20. The van der Waals surface area contributed by atoms with Crippen molar-refractivity contribution in [2.75, 3.05) is 11.8 Å². The molecule has 3 aromatic rings. The average Bonchev–Trinajstić information content (AvgIpc) is 2.79. The first kappa shape index (κ1) is 22.5. The minimum atomic E-state index is -3.97. The van der Waals surface area contributed by atoms with Crippen LogP contribution in [0.5, 0.6) is 0 Å². The second-order valence-electron chi connectivity index (χ2n) is 6.58.